The molecule has 1 aliphatic rings. The van der Waals surface area contributed by atoms with Crippen molar-refractivity contribution in [2.24, 2.45) is 0 Å². The topological polar surface area (TPSA) is 47.9 Å². The lowest BCUT2D eigenvalue weighted by molar-refractivity contribution is 0.661. The molecule has 0 unspecified atom stereocenters. The average Bonchev–Trinajstić information content (AvgIpc) is 4.49. The molecule has 1 aliphatic carbocycles. The maximum atomic E-state index is 11.6. The van der Waals surface area contributed by atoms with Gasteiger partial charge in [0, 0.05) is 80.1 Å². The van der Waals surface area contributed by atoms with Crippen molar-refractivity contribution >= 4 is 124 Å². The maximum absolute atomic E-state index is 11.6. The van der Waals surface area contributed by atoms with Crippen molar-refractivity contribution in [1.29, 1.82) is 5.26 Å². The lowest BCUT2D eigenvalue weighted by atomic mass is 9.82. The second kappa shape index (κ2) is 15.5. The Morgan fingerprint density at radius 3 is 1.46 bits per heavy atom. The van der Waals surface area contributed by atoms with Gasteiger partial charge in [-0.3, -0.25) is 0 Å². The minimum atomic E-state index is -0.266. The molecule has 0 aliphatic heterocycles. The van der Waals surface area contributed by atoms with E-state index in [1.807, 2.05) is 12.1 Å². The number of thiophene rings is 1. The largest absolute Gasteiger partial charge is 0.319 e. The Labute approximate surface area is 451 Å². The second-order valence-corrected chi connectivity index (χ2v) is 22.5. The van der Waals surface area contributed by atoms with Crippen molar-refractivity contribution in [2.75, 3.05) is 0 Å². The SMILES string of the molecule is [C-]#[N+]c1cc(-n2c3ccc(-n4c5ccccc5c5ccccc54)cc3c3cc4c(cc32)sc2ccccc24)c(C#N)cc1-n1c2ccc(-n3c4ccccc4c4ccccc43)cc2c2cc3c(cc21)C(C)(C)c1ccccc1-3. The van der Waals surface area contributed by atoms with E-state index in [0.717, 1.165) is 77.1 Å². The third kappa shape index (κ3) is 5.62. The molecule has 0 bridgehead atoms. The van der Waals surface area contributed by atoms with Crippen molar-refractivity contribution in [3.05, 3.63) is 246 Å². The molecule has 78 heavy (non-hydrogen) atoms. The van der Waals surface area contributed by atoms with Gasteiger partial charge in [-0.2, -0.15) is 5.26 Å². The van der Waals surface area contributed by atoms with Crippen molar-refractivity contribution < 1.29 is 0 Å². The van der Waals surface area contributed by atoms with E-state index in [4.69, 9.17) is 6.57 Å². The Bertz CT molecular complexity index is 5360. The Morgan fingerprint density at radius 2 is 0.872 bits per heavy atom. The summed E-state index contributed by atoms with van der Waals surface area (Å²) in [5.41, 5.74) is 17.6. The smallest absolute Gasteiger partial charge is 0.212 e. The second-order valence-electron chi connectivity index (χ2n) is 21.4. The minimum absolute atomic E-state index is 0.266. The molecule has 0 amide bonds. The van der Waals surface area contributed by atoms with Gasteiger partial charge >= 0.3 is 0 Å². The number of hydrogen-bond acceptors (Lipinski definition) is 2. The molecular formula is C71H42N6S. The van der Waals surface area contributed by atoms with E-state index in [0.29, 0.717) is 22.6 Å². The molecule has 17 rings (SSSR count). The van der Waals surface area contributed by atoms with Crippen LogP contribution in [0.4, 0.5) is 5.69 Å². The highest BCUT2D eigenvalue weighted by atomic mass is 32.1. The first-order valence-electron chi connectivity index (χ1n) is 26.4. The van der Waals surface area contributed by atoms with E-state index in [9.17, 15) is 5.26 Å². The van der Waals surface area contributed by atoms with Crippen molar-refractivity contribution in [3.63, 3.8) is 0 Å². The number of benzene rings is 11. The number of para-hydroxylation sites is 4. The van der Waals surface area contributed by atoms with E-state index in [-0.39, 0.29) is 5.41 Å². The van der Waals surface area contributed by atoms with Gasteiger partial charge in [0.15, 0.2) is 0 Å². The first-order valence-corrected chi connectivity index (χ1v) is 27.2. The van der Waals surface area contributed by atoms with E-state index >= 15 is 0 Å². The van der Waals surface area contributed by atoms with Crippen molar-refractivity contribution in [3.8, 4) is 39.9 Å². The zero-order chi connectivity index (χ0) is 51.7. The predicted octanol–water partition coefficient (Wildman–Crippen LogP) is 19.2. The lowest BCUT2D eigenvalue weighted by Crippen LogP contribution is -2.15. The van der Waals surface area contributed by atoms with Crippen LogP contribution in [0.15, 0.2) is 218 Å². The van der Waals surface area contributed by atoms with Gasteiger partial charge in [0.05, 0.1) is 67.6 Å². The molecule has 362 valence electrons. The number of nitrogens with zero attached hydrogens (tertiary/aromatic N) is 6. The van der Waals surface area contributed by atoms with Crippen LogP contribution in [-0.2, 0) is 5.41 Å². The molecule has 0 fully saturated rings. The molecular weight excluding hydrogens is 969 g/mol. The maximum Gasteiger partial charge on any atom is 0.212 e. The third-order valence-electron chi connectivity index (χ3n) is 17.2. The van der Waals surface area contributed by atoms with E-state index in [2.05, 4.69) is 249 Å². The van der Waals surface area contributed by atoms with E-state index in [1.165, 1.54) is 64.0 Å². The fourth-order valence-electron chi connectivity index (χ4n) is 13.7. The van der Waals surface area contributed by atoms with Crippen LogP contribution in [0.2, 0.25) is 0 Å². The van der Waals surface area contributed by atoms with Gasteiger partial charge in [0.2, 0.25) is 5.69 Å². The monoisotopic (exact) mass is 1010 g/mol. The Balaban J connectivity index is 0.936. The van der Waals surface area contributed by atoms with Crippen molar-refractivity contribution in [1.82, 2.24) is 18.3 Å². The van der Waals surface area contributed by atoms with Gasteiger partial charge in [-0.15, -0.1) is 11.3 Å². The number of hydrogen-bond donors (Lipinski definition) is 0. The molecule has 0 radical (unpaired) electrons. The summed E-state index contributed by atoms with van der Waals surface area (Å²) >= 11 is 1.78. The van der Waals surface area contributed by atoms with Crippen LogP contribution in [0.3, 0.4) is 0 Å². The van der Waals surface area contributed by atoms with Crippen LogP contribution in [-0.4, -0.2) is 18.3 Å². The normalized spacial score (nSPS) is 13.1. The summed E-state index contributed by atoms with van der Waals surface area (Å²) in [6, 6.07) is 81.4. The zero-order valence-electron chi connectivity index (χ0n) is 42.4. The van der Waals surface area contributed by atoms with E-state index < -0.39 is 0 Å². The summed E-state index contributed by atoms with van der Waals surface area (Å²) in [6.07, 6.45) is 0. The van der Waals surface area contributed by atoms with Crippen LogP contribution in [0.1, 0.15) is 30.5 Å². The van der Waals surface area contributed by atoms with Gasteiger partial charge < -0.3 is 18.3 Å². The predicted molar refractivity (Wildman–Crippen MR) is 325 cm³/mol. The molecule has 0 spiro atoms. The molecule has 16 aromatic rings. The number of fused-ring (bicyclic) bond motifs is 18. The Hall–Kier alpha value is -10.2. The fraction of sp³-hybridized carbons (Fsp3) is 0.0423. The summed E-state index contributed by atoms with van der Waals surface area (Å²) in [6.45, 7) is 13.7. The van der Waals surface area contributed by atoms with Crippen LogP contribution >= 0.6 is 11.3 Å². The summed E-state index contributed by atoms with van der Waals surface area (Å²) < 4.78 is 11.6. The van der Waals surface area contributed by atoms with Gasteiger partial charge in [-0.1, -0.05) is 129 Å². The summed E-state index contributed by atoms with van der Waals surface area (Å²) in [5.74, 6) is 0. The first kappa shape index (κ1) is 43.1. The molecule has 7 heteroatoms. The van der Waals surface area contributed by atoms with Crippen molar-refractivity contribution in [2.45, 2.75) is 19.3 Å². The Morgan fingerprint density at radius 1 is 0.385 bits per heavy atom. The van der Waals surface area contributed by atoms with Crippen LogP contribution in [0.5, 0.6) is 0 Å². The highest BCUT2D eigenvalue weighted by Crippen LogP contribution is 2.52. The number of aromatic nitrogens is 4. The van der Waals surface area contributed by atoms with Gasteiger partial charge in [-0.25, -0.2) is 4.85 Å². The van der Waals surface area contributed by atoms with Crippen LogP contribution in [0.25, 0.3) is 146 Å². The highest BCUT2D eigenvalue weighted by molar-refractivity contribution is 7.25. The summed E-state index contributed by atoms with van der Waals surface area (Å²) in [7, 11) is 0. The minimum Gasteiger partial charge on any atom is -0.319 e. The number of nitriles is 1. The molecule has 0 N–H and O–H groups in total. The molecule has 0 atom stereocenters. The molecule has 6 nitrogen and oxygen atoms in total. The third-order valence-corrected chi connectivity index (χ3v) is 18.3. The van der Waals surface area contributed by atoms with Gasteiger partial charge in [0.1, 0.15) is 6.07 Å². The summed E-state index contributed by atoms with van der Waals surface area (Å²) in [5, 5.41) is 23.1. The fourth-order valence-corrected chi connectivity index (χ4v) is 14.9. The summed E-state index contributed by atoms with van der Waals surface area (Å²) in [4.78, 5) is 4.39. The molecule has 11 aromatic carbocycles. The zero-order valence-corrected chi connectivity index (χ0v) is 43.2. The molecule has 0 saturated heterocycles. The lowest BCUT2D eigenvalue weighted by Gasteiger charge is -2.22. The molecule has 5 aromatic heterocycles. The van der Waals surface area contributed by atoms with Gasteiger partial charge in [0.25, 0.3) is 0 Å². The standard InChI is InChI=1S/C71H42N6S/c1-71(2)56-22-10-4-16-44(56)50-35-53-51-33-43(75-61-25-13-7-19-47(61)48-20-8-14-26-62(48)75)29-31-64(51)77(66(53)37-57(50)71)68-32-41(40-72)65(38-58(68)73-3)76-63-30-28-42(74-59-23-11-5-17-45(59)46-18-6-12-24-60(46)74)34-52(63)54-36-55-49-21-9-15-27-69(49)78-70(55)39-67(54)76/h4-39H,1-2H3. The first-order chi connectivity index (χ1) is 38.4. The van der Waals surface area contributed by atoms with Crippen LogP contribution in [0, 0.1) is 17.9 Å². The number of rotatable bonds is 4. The molecule has 5 heterocycles. The highest BCUT2D eigenvalue weighted by Gasteiger charge is 2.36. The van der Waals surface area contributed by atoms with E-state index in [1.54, 1.807) is 11.3 Å². The molecule has 0 saturated carbocycles. The van der Waals surface area contributed by atoms with Gasteiger partial charge in [-0.05, 0) is 125 Å². The average molecular weight is 1010 g/mol. The Kier molecular flexibility index (Phi) is 8.54. The quantitative estimate of drug-likeness (QED) is 0.162. The van der Waals surface area contributed by atoms with Crippen LogP contribution < -0.4 is 0 Å².